The Morgan fingerprint density at radius 2 is 2.10 bits per heavy atom. The second-order valence-corrected chi connectivity index (χ2v) is 6.62. The van der Waals surface area contributed by atoms with Gasteiger partial charge in [-0.15, -0.1) is 0 Å². The monoisotopic (exact) mass is 292 g/mol. The molecule has 2 rings (SSSR count). The Labute approximate surface area is 127 Å². The summed E-state index contributed by atoms with van der Waals surface area (Å²) in [5.74, 6) is 1.81. The van der Waals surface area contributed by atoms with Gasteiger partial charge in [0.25, 0.3) is 0 Å². The molecule has 1 heterocycles. The van der Waals surface area contributed by atoms with Crippen molar-refractivity contribution in [2.24, 2.45) is 5.92 Å². The summed E-state index contributed by atoms with van der Waals surface area (Å²) in [7, 11) is 4.29. The van der Waals surface area contributed by atoms with Crippen molar-refractivity contribution in [1.82, 2.24) is 9.88 Å². The van der Waals surface area contributed by atoms with E-state index in [1.54, 1.807) is 0 Å². The first-order chi connectivity index (χ1) is 9.93. The van der Waals surface area contributed by atoms with Crippen LogP contribution in [0.2, 0.25) is 0 Å². The largest absolute Gasteiger partial charge is 0.476 e. The lowest BCUT2D eigenvalue weighted by molar-refractivity contribution is 0.0738. The second kappa shape index (κ2) is 6.52. The van der Waals surface area contributed by atoms with Gasteiger partial charge >= 0.3 is 0 Å². The van der Waals surface area contributed by atoms with Crippen LogP contribution in [0.5, 0.6) is 5.88 Å². The molecule has 0 amide bonds. The molecule has 0 spiro atoms. The van der Waals surface area contributed by atoms with Gasteiger partial charge in [-0.05, 0) is 51.4 Å². The molecule has 0 bridgehead atoms. The van der Waals surface area contributed by atoms with Crippen LogP contribution < -0.4 is 15.8 Å². The van der Waals surface area contributed by atoms with Crippen LogP contribution in [0.4, 0.5) is 11.5 Å². The molecule has 1 aromatic heterocycles. The summed E-state index contributed by atoms with van der Waals surface area (Å²) >= 11 is 0. The van der Waals surface area contributed by atoms with Crippen LogP contribution in [0.25, 0.3) is 0 Å². The van der Waals surface area contributed by atoms with E-state index in [-0.39, 0.29) is 5.54 Å². The number of nitrogens with two attached hydrogens (primary N) is 1. The zero-order chi connectivity index (χ0) is 15.5. The van der Waals surface area contributed by atoms with Crippen LogP contribution in [-0.4, -0.2) is 42.7 Å². The minimum atomic E-state index is 0.266. The molecule has 21 heavy (non-hydrogen) atoms. The molecule has 0 aromatic carbocycles. The molecule has 0 aliphatic heterocycles. The summed E-state index contributed by atoms with van der Waals surface area (Å²) in [5.41, 5.74) is 6.78. The van der Waals surface area contributed by atoms with E-state index in [2.05, 4.69) is 43.1 Å². The lowest BCUT2D eigenvalue weighted by atomic mass is 9.75. The standard InChI is InChI=1S/C16H28N4O/c1-12(2)10-21-15-13(17)6-7-14(19-15)18-11-16(20(3)4)8-5-9-16/h6-7,12H,5,8-11,17H2,1-4H3,(H,18,19). The molecule has 0 unspecified atom stereocenters. The number of nitrogens with one attached hydrogen (secondary N) is 1. The summed E-state index contributed by atoms with van der Waals surface area (Å²) < 4.78 is 5.67. The van der Waals surface area contributed by atoms with Crippen LogP contribution in [-0.2, 0) is 0 Å². The number of likely N-dealkylation sites (N-methyl/N-ethyl adjacent to an activating group) is 1. The zero-order valence-electron chi connectivity index (χ0n) is 13.6. The summed E-state index contributed by atoms with van der Waals surface area (Å²) in [4.78, 5) is 6.80. The van der Waals surface area contributed by atoms with Crippen molar-refractivity contribution in [2.75, 3.05) is 38.3 Å². The van der Waals surface area contributed by atoms with Gasteiger partial charge in [-0.25, -0.2) is 0 Å². The summed E-state index contributed by atoms with van der Waals surface area (Å²) in [6, 6.07) is 3.77. The van der Waals surface area contributed by atoms with Gasteiger partial charge in [0.1, 0.15) is 5.82 Å². The highest BCUT2D eigenvalue weighted by molar-refractivity contribution is 5.53. The van der Waals surface area contributed by atoms with Crippen LogP contribution in [0.3, 0.4) is 0 Å². The average molecular weight is 292 g/mol. The van der Waals surface area contributed by atoms with Crippen molar-refractivity contribution in [2.45, 2.75) is 38.6 Å². The van der Waals surface area contributed by atoms with E-state index >= 15 is 0 Å². The molecule has 1 aromatic rings. The van der Waals surface area contributed by atoms with Crippen molar-refractivity contribution < 1.29 is 4.74 Å². The van der Waals surface area contributed by atoms with E-state index < -0.39 is 0 Å². The predicted molar refractivity (Wildman–Crippen MR) is 87.7 cm³/mol. The number of rotatable bonds is 7. The maximum Gasteiger partial charge on any atom is 0.239 e. The first-order valence-corrected chi connectivity index (χ1v) is 7.73. The first kappa shape index (κ1) is 15.9. The molecule has 0 atom stereocenters. The highest BCUT2D eigenvalue weighted by atomic mass is 16.5. The van der Waals surface area contributed by atoms with E-state index in [9.17, 15) is 0 Å². The van der Waals surface area contributed by atoms with E-state index in [1.165, 1.54) is 19.3 Å². The van der Waals surface area contributed by atoms with Crippen molar-refractivity contribution in [3.63, 3.8) is 0 Å². The first-order valence-electron chi connectivity index (χ1n) is 7.73. The molecule has 0 saturated heterocycles. The highest BCUT2D eigenvalue weighted by Gasteiger charge is 2.38. The minimum Gasteiger partial charge on any atom is -0.476 e. The Morgan fingerprint density at radius 1 is 1.38 bits per heavy atom. The summed E-state index contributed by atoms with van der Waals surface area (Å²) in [6.45, 7) is 5.74. The number of aromatic nitrogens is 1. The molecule has 5 heteroatoms. The van der Waals surface area contributed by atoms with Gasteiger partial charge in [-0.3, -0.25) is 0 Å². The third-order valence-corrected chi connectivity index (χ3v) is 4.27. The van der Waals surface area contributed by atoms with E-state index in [0.717, 1.165) is 12.4 Å². The van der Waals surface area contributed by atoms with E-state index in [0.29, 0.717) is 24.1 Å². The van der Waals surface area contributed by atoms with Crippen molar-refractivity contribution in [3.8, 4) is 5.88 Å². The average Bonchev–Trinajstić information content (AvgIpc) is 2.37. The van der Waals surface area contributed by atoms with E-state index in [1.807, 2.05) is 12.1 Å². The van der Waals surface area contributed by atoms with Crippen LogP contribution in [0, 0.1) is 5.92 Å². The number of anilines is 2. The SMILES string of the molecule is CC(C)COc1nc(NCC2(N(C)C)CCC2)ccc1N. The quantitative estimate of drug-likeness (QED) is 0.809. The minimum absolute atomic E-state index is 0.266. The summed E-state index contributed by atoms with van der Waals surface area (Å²) in [5, 5.41) is 3.44. The number of nitrogen functional groups attached to an aromatic ring is 1. The molecule has 118 valence electrons. The van der Waals surface area contributed by atoms with Gasteiger partial charge in [0.05, 0.1) is 12.3 Å². The molecule has 3 N–H and O–H groups in total. The highest BCUT2D eigenvalue weighted by Crippen LogP contribution is 2.36. The van der Waals surface area contributed by atoms with Gasteiger partial charge in [0, 0.05) is 12.1 Å². The summed E-state index contributed by atoms with van der Waals surface area (Å²) in [6.07, 6.45) is 3.77. The van der Waals surface area contributed by atoms with Crippen LogP contribution >= 0.6 is 0 Å². The lowest BCUT2D eigenvalue weighted by Gasteiger charge is -2.47. The molecular weight excluding hydrogens is 264 g/mol. The molecule has 1 aliphatic carbocycles. The third-order valence-electron chi connectivity index (χ3n) is 4.27. The molecule has 1 saturated carbocycles. The maximum absolute atomic E-state index is 5.92. The van der Waals surface area contributed by atoms with Crippen molar-refractivity contribution in [1.29, 1.82) is 0 Å². The Bertz CT molecular complexity index is 469. The van der Waals surface area contributed by atoms with Crippen molar-refractivity contribution >= 4 is 11.5 Å². The fourth-order valence-corrected chi connectivity index (χ4v) is 2.53. The fraction of sp³-hybridized carbons (Fsp3) is 0.688. The predicted octanol–water partition coefficient (Wildman–Crippen LogP) is 2.59. The zero-order valence-corrected chi connectivity index (χ0v) is 13.6. The maximum atomic E-state index is 5.92. The van der Waals surface area contributed by atoms with Gasteiger partial charge in [0.2, 0.25) is 5.88 Å². The van der Waals surface area contributed by atoms with Gasteiger partial charge in [-0.1, -0.05) is 13.8 Å². The van der Waals surface area contributed by atoms with Crippen LogP contribution in [0.15, 0.2) is 12.1 Å². The van der Waals surface area contributed by atoms with Gasteiger partial charge in [0.15, 0.2) is 0 Å². The molecule has 5 nitrogen and oxygen atoms in total. The topological polar surface area (TPSA) is 63.4 Å². The Kier molecular flexibility index (Phi) is 4.93. The number of hydrogen-bond acceptors (Lipinski definition) is 5. The molecule has 1 aliphatic rings. The van der Waals surface area contributed by atoms with Crippen LogP contribution in [0.1, 0.15) is 33.1 Å². The second-order valence-electron chi connectivity index (χ2n) is 6.62. The number of nitrogens with zero attached hydrogens (tertiary/aromatic N) is 2. The molecule has 1 fully saturated rings. The Hall–Kier alpha value is -1.49. The third kappa shape index (κ3) is 3.79. The Balaban J connectivity index is 1.98. The fourth-order valence-electron chi connectivity index (χ4n) is 2.53. The molecule has 0 radical (unpaired) electrons. The van der Waals surface area contributed by atoms with Gasteiger partial charge < -0.3 is 20.7 Å². The number of ether oxygens (including phenoxy) is 1. The lowest BCUT2D eigenvalue weighted by Crippen LogP contribution is -2.54. The van der Waals surface area contributed by atoms with E-state index in [4.69, 9.17) is 10.5 Å². The number of pyridine rings is 1. The Morgan fingerprint density at radius 3 is 2.62 bits per heavy atom. The van der Waals surface area contributed by atoms with Gasteiger partial charge in [-0.2, -0.15) is 4.98 Å². The van der Waals surface area contributed by atoms with Crippen molar-refractivity contribution in [3.05, 3.63) is 12.1 Å². The smallest absolute Gasteiger partial charge is 0.239 e. The normalized spacial score (nSPS) is 16.9. The number of hydrogen-bond donors (Lipinski definition) is 2. The molecular formula is C16H28N4O.